The van der Waals surface area contributed by atoms with Gasteiger partial charge in [0.1, 0.15) is 5.75 Å². The zero-order chi connectivity index (χ0) is 19.4. The standard InChI is InChI=1S/C19H29N3O4S/c1-16-5-3-4-10-21(16)15-19(23)20-11-13-22(14-12-20)27(24,25)18-8-6-17(26-2)7-9-18/h6-9,16H,3-5,10-15H2,1-2H3/p+1/t16-/m0/s1. The van der Waals surface area contributed by atoms with Crippen molar-refractivity contribution in [1.29, 1.82) is 0 Å². The van der Waals surface area contributed by atoms with E-state index in [1.54, 1.807) is 31.4 Å². The number of rotatable bonds is 5. The number of hydrogen-bond acceptors (Lipinski definition) is 4. The van der Waals surface area contributed by atoms with E-state index >= 15 is 0 Å². The van der Waals surface area contributed by atoms with Gasteiger partial charge >= 0.3 is 0 Å². The van der Waals surface area contributed by atoms with Crippen molar-refractivity contribution in [2.45, 2.75) is 37.1 Å². The molecule has 2 aliphatic rings. The number of nitrogens with one attached hydrogen (secondary N) is 1. The Kier molecular flexibility index (Phi) is 6.39. The summed E-state index contributed by atoms with van der Waals surface area (Å²) in [4.78, 5) is 16.1. The van der Waals surface area contributed by atoms with Crippen LogP contribution in [0.2, 0.25) is 0 Å². The van der Waals surface area contributed by atoms with Crippen LogP contribution in [0, 0.1) is 0 Å². The van der Waals surface area contributed by atoms with Gasteiger partial charge in [-0.05, 0) is 50.5 Å². The lowest BCUT2D eigenvalue weighted by Crippen LogP contribution is -3.17. The molecule has 8 heteroatoms. The molecule has 1 aromatic carbocycles. The summed E-state index contributed by atoms with van der Waals surface area (Å²) in [5.74, 6) is 0.763. The number of ether oxygens (including phenoxy) is 1. The van der Waals surface area contributed by atoms with Crippen molar-refractivity contribution in [2.24, 2.45) is 0 Å². The first-order valence-electron chi connectivity index (χ1n) is 9.68. The molecule has 1 N–H and O–H groups in total. The molecule has 0 saturated carbocycles. The van der Waals surface area contributed by atoms with Crippen LogP contribution in [0.3, 0.4) is 0 Å². The molecular formula is C19H30N3O4S+. The Hall–Kier alpha value is -1.64. The number of sulfonamides is 1. The van der Waals surface area contributed by atoms with Crippen LogP contribution in [0.1, 0.15) is 26.2 Å². The molecule has 2 fully saturated rings. The molecule has 2 atom stereocenters. The maximum absolute atomic E-state index is 12.8. The molecule has 2 aliphatic heterocycles. The molecule has 0 radical (unpaired) electrons. The molecule has 7 nitrogen and oxygen atoms in total. The Morgan fingerprint density at radius 1 is 1.15 bits per heavy atom. The van der Waals surface area contributed by atoms with E-state index in [1.165, 1.54) is 28.5 Å². The average molecular weight is 397 g/mol. The SMILES string of the molecule is COc1ccc(S(=O)(=O)N2CCN(C(=O)C[NH+]3CCCC[C@@H]3C)CC2)cc1. The summed E-state index contributed by atoms with van der Waals surface area (Å²) >= 11 is 0. The lowest BCUT2D eigenvalue weighted by molar-refractivity contribution is -0.921. The van der Waals surface area contributed by atoms with Crippen LogP contribution in [0.4, 0.5) is 0 Å². The quantitative estimate of drug-likeness (QED) is 0.760. The van der Waals surface area contributed by atoms with Gasteiger partial charge < -0.3 is 14.5 Å². The third kappa shape index (κ3) is 4.62. The molecule has 0 aromatic heterocycles. The summed E-state index contributed by atoms with van der Waals surface area (Å²) in [6, 6.07) is 6.95. The summed E-state index contributed by atoms with van der Waals surface area (Å²) in [5.41, 5.74) is 0. The van der Waals surface area contributed by atoms with Crippen molar-refractivity contribution < 1.29 is 22.8 Å². The zero-order valence-corrected chi connectivity index (χ0v) is 17.0. The normalized spacial score (nSPS) is 24.6. The second-order valence-electron chi connectivity index (χ2n) is 7.44. The third-order valence-corrected chi connectivity index (χ3v) is 7.66. The van der Waals surface area contributed by atoms with Gasteiger partial charge in [-0.1, -0.05) is 0 Å². The number of piperazine rings is 1. The van der Waals surface area contributed by atoms with Crippen LogP contribution in [0.25, 0.3) is 0 Å². The number of methoxy groups -OCH3 is 1. The van der Waals surface area contributed by atoms with Crippen LogP contribution >= 0.6 is 0 Å². The Balaban J connectivity index is 1.56. The number of carbonyl (C=O) groups excluding carboxylic acids is 1. The second kappa shape index (κ2) is 8.58. The van der Waals surface area contributed by atoms with E-state index in [0.717, 1.165) is 6.54 Å². The van der Waals surface area contributed by atoms with Crippen molar-refractivity contribution in [3.63, 3.8) is 0 Å². The van der Waals surface area contributed by atoms with Crippen molar-refractivity contribution in [3.8, 4) is 5.75 Å². The fraction of sp³-hybridized carbons (Fsp3) is 0.632. The van der Waals surface area contributed by atoms with Crippen molar-refractivity contribution in [3.05, 3.63) is 24.3 Å². The number of nitrogens with zero attached hydrogens (tertiary/aromatic N) is 2. The predicted octanol–water partition coefficient (Wildman–Crippen LogP) is -0.0146. The third-order valence-electron chi connectivity index (χ3n) is 5.75. The minimum Gasteiger partial charge on any atom is -0.497 e. The molecule has 1 aromatic rings. The van der Waals surface area contributed by atoms with E-state index in [4.69, 9.17) is 4.74 Å². The van der Waals surface area contributed by atoms with Gasteiger partial charge in [-0.15, -0.1) is 0 Å². The molecule has 0 bridgehead atoms. The van der Waals surface area contributed by atoms with Gasteiger partial charge in [0, 0.05) is 26.2 Å². The highest BCUT2D eigenvalue weighted by Crippen LogP contribution is 2.20. The van der Waals surface area contributed by atoms with Crippen LogP contribution in [-0.2, 0) is 14.8 Å². The van der Waals surface area contributed by atoms with E-state index in [9.17, 15) is 13.2 Å². The van der Waals surface area contributed by atoms with E-state index in [1.807, 2.05) is 4.90 Å². The van der Waals surface area contributed by atoms with Crippen LogP contribution < -0.4 is 9.64 Å². The number of benzene rings is 1. The molecule has 0 aliphatic carbocycles. The van der Waals surface area contributed by atoms with E-state index < -0.39 is 10.0 Å². The predicted molar refractivity (Wildman–Crippen MR) is 102 cm³/mol. The lowest BCUT2D eigenvalue weighted by Gasteiger charge is -2.36. The number of hydrogen-bond donors (Lipinski definition) is 1. The molecule has 27 heavy (non-hydrogen) atoms. The topological polar surface area (TPSA) is 71.4 Å². The van der Waals surface area contributed by atoms with Crippen molar-refractivity contribution in [2.75, 3.05) is 46.4 Å². The van der Waals surface area contributed by atoms with Gasteiger partial charge in [0.05, 0.1) is 24.6 Å². The number of quaternary nitrogens is 1. The minimum atomic E-state index is -3.54. The second-order valence-corrected chi connectivity index (χ2v) is 9.38. The fourth-order valence-electron chi connectivity index (χ4n) is 3.90. The number of likely N-dealkylation sites (tertiary alicyclic amines) is 1. The van der Waals surface area contributed by atoms with Gasteiger partial charge in [0.15, 0.2) is 6.54 Å². The first-order chi connectivity index (χ1) is 12.9. The molecule has 0 spiro atoms. The lowest BCUT2D eigenvalue weighted by atomic mass is 10.0. The van der Waals surface area contributed by atoms with Crippen LogP contribution in [-0.4, -0.2) is 76.0 Å². The van der Waals surface area contributed by atoms with Crippen molar-refractivity contribution in [1.82, 2.24) is 9.21 Å². The highest BCUT2D eigenvalue weighted by molar-refractivity contribution is 7.89. The first kappa shape index (κ1) is 20.1. The largest absolute Gasteiger partial charge is 0.497 e. The monoisotopic (exact) mass is 396 g/mol. The molecule has 150 valence electrons. The molecule has 3 rings (SSSR count). The molecule has 1 unspecified atom stereocenters. The Morgan fingerprint density at radius 3 is 2.41 bits per heavy atom. The van der Waals surface area contributed by atoms with Gasteiger partial charge in [-0.2, -0.15) is 4.31 Å². The van der Waals surface area contributed by atoms with Gasteiger partial charge in [-0.25, -0.2) is 8.42 Å². The first-order valence-corrected chi connectivity index (χ1v) is 11.1. The van der Waals surface area contributed by atoms with Crippen molar-refractivity contribution >= 4 is 15.9 Å². The number of carbonyl (C=O) groups is 1. The molecular weight excluding hydrogens is 366 g/mol. The zero-order valence-electron chi connectivity index (χ0n) is 16.2. The Labute approximate surface area is 161 Å². The highest BCUT2D eigenvalue weighted by atomic mass is 32.2. The van der Waals surface area contributed by atoms with E-state index in [0.29, 0.717) is 44.5 Å². The maximum Gasteiger partial charge on any atom is 0.277 e. The summed E-state index contributed by atoms with van der Waals surface area (Å²) in [6.07, 6.45) is 3.61. The fourth-order valence-corrected chi connectivity index (χ4v) is 5.32. The van der Waals surface area contributed by atoms with Crippen LogP contribution in [0.5, 0.6) is 5.75 Å². The van der Waals surface area contributed by atoms with E-state index in [2.05, 4.69) is 6.92 Å². The Morgan fingerprint density at radius 2 is 1.81 bits per heavy atom. The van der Waals surface area contributed by atoms with Gasteiger partial charge in [0.2, 0.25) is 10.0 Å². The summed E-state index contributed by atoms with van der Waals surface area (Å²) in [5, 5.41) is 0. The van der Waals surface area contributed by atoms with E-state index in [-0.39, 0.29) is 10.8 Å². The van der Waals surface area contributed by atoms with Gasteiger partial charge in [-0.3, -0.25) is 4.79 Å². The Bertz CT molecular complexity index is 743. The number of piperidine rings is 1. The van der Waals surface area contributed by atoms with Crippen LogP contribution in [0.15, 0.2) is 29.2 Å². The summed E-state index contributed by atoms with van der Waals surface area (Å²) < 4.78 is 32.2. The highest BCUT2D eigenvalue weighted by Gasteiger charge is 2.32. The minimum absolute atomic E-state index is 0.139. The number of amides is 1. The summed E-state index contributed by atoms with van der Waals surface area (Å²) in [6.45, 7) is 5.37. The average Bonchev–Trinajstić information content (AvgIpc) is 2.70. The maximum atomic E-state index is 12.8. The molecule has 2 heterocycles. The smallest absolute Gasteiger partial charge is 0.277 e. The summed E-state index contributed by atoms with van der Waals surface area (Å²) in [7, 11) is -1.99. The van der Waals surface area contributed by atoms with Gasteiger partial charge in [0.25, 0.3) is 5.91 Å². The molecule has 1 amide bonds. The molecule has 2 saturated heterocycles.